The topological polar surface area (TPSA) is 64.6 Å². The summed E-state index contributed by atoms with van der Waals surface area (Å²) in [6, 6.07) is 29.5. The lowest BCUT2D eigenvalue weighted by Crippen LogP contribution is -2.34. The molecule has 1 N–H and O–H groups in total. The zero-order valence-corrected chi connectivity index (χ0v) is 30.5. The average molecular weight is 678 g/mol. The fourth-order valence-corrected chi connectivity index (χ4v) is 6.68. The van der Waals surface area contributed by atoms with Gasteiger partial charge in [0.25, 0.3) is 0 Å². The molecule has 4 aromatic carbocycles. The van der Waals surface area contributed by atoms with E-state index in [9.17, 15) is 9.59 Å². The number of hydrogen-bond acceptors (Lipinski definition) is 4. The number of benzene rings is 4. The number of esters is 1. The van der Waals surface area contributed by atoms with Crippen LogP contribution in [0.5, 0.6) is 0 Å². The summed E-state index contributed by atoms with van der Waals surface area (Å²) in [6.07, 6.45) is 5.87. The molecule has 0 saturated carbocycles. The number of halogens is 1. The summed E-state index contributed by atoms with van der Waals surface area (Å²) in [5.74, 6) is -0.428. The minimum absolute atomic E-state index is 0.0964. The standard InChI is InChI=1S/C43H48ClNO4/c1-28-26-36(44)22-25-38(28)32-18-23-37(24-19-32)45-40(46)39(27-29-8-10-34(11-9-29)41(47)49-42(2,3)4)33-14-12-30(13-15-33)31-16-20-35(21-17-31)43(5,6)48-7/h8-16,18-19,22-26,35,39H,17,20-21,27H2,1-7H3,(H,45,46)/t35?,39-/m1/s1. The van der Waals surface area contributed by atoms with Gasteiger partial charge in [0.2, 0.25) is 5.91 Å². The number of amides is 1. The normalized spacial score (nSPS) is 15.7. The van der Waals surface area contributed by atoms with Gasteiger partial charge in [-0.05, 0) is 148 Å². The third-order valence-corrected chi connectivity index (χ3v) is 9.84. The molecule has 0 saturated heterocycles. The molecule has 1 aliphatic carbocycles. The second-order valence-electron chi connectivity index (χ2n) is 14.6. The van der Waals surface area contributed by atoms with Crippen LogP contribution >= 0.6 is 11.6 Å². The third-order valence-electron chi connectivity index (χ3n) is 9.60. The van der Waals surface area contributed by atoms with E-state index in [0.717, 1.165) is 52.8 Å². The molecule has 5 nitrogen and oxygen atoms in total. The summed E-state index contributed by atoms with van der Waals surface area (Å²) in [4.78, 5) is 26.6. The number of methoxy groups -OCH3 is 1. The van der Waals surface area contributed by atoms with Gasteiger partial charge in [-0.1, -0.05) is 72.3 Å². The SMILES string of the molecule is COC(C)(C)C1CC=C(c2ccc([C@@H](Cc3ccc(C(=O)OC(C)(C)C)cc3)C(=O)Nc3ccc(-c4ccc(Cl)cc4C)cc3)cc2)CC1. The molecule has 0 spiro atoms. The van der Waals surface area contributed by atoms with Crippen molar-refractivity contribution in [1.29, 1.82) is 0 Å². The van der Waals surface area contributed by atoms with E-state index >= 15 is 0 Å². The molecular formula is C43H48ClNO4. The van der Waals surface area contributed by atoms with Crippen molar-refractivity contribution in [3.63, 3.8) is 0 Å². The number of nitrogens with one attached hydrogen (secondary N) is 1. The summed E-state index contributed by atoms with van der Waals surface area (Å²) in [6.45, 7) is 11.9. The summed E-state index contributed by atoms with van der Waals surface area (Å²) in [5.41, 5.74) is 8.13. The van der Waals surface area contributed by atoms with Crippen LogP contribution in [0, 0.1) is 12.8 Å². The fraction of sp³-hybridized carbons (Fsp3) is 0.349. The molecule has 5 rings (SSSR count). The molecule has 0 fully saturated rings. The highest BCUT2D eigenvalue weighted by Gasteiger charge is 2.31. The van der Waals surface area contributed by atoms with E-state index in [0.29, 0.717) is 22.9 Å². The number of carbonyl (C=O) groups excluding carboxylic acids is 2. The second kappa shape index (κ2) is 15.1. The molecule has 1 aliphatic rings. The predicted molar refractivity (Wildman–Crippen MR) is 201 cm³/mol. The number of hydrogen-bond donors (Lipinski definition) is 1. The minimum Gasteiger partial charge on any atom is -0.456 e. The maximum Gasteiger partial charge on any atom is 0.338 e. The first-order chi connectivity index (χ1) is 23.2. The lowest BCUT2D eigenvalue weighted by atomic mass is 9.78. The quantitative estimate of drug-likeness (QED) is 0.170. The van der Waals surface area contributed by atoms with Crippen molar-refractivity contribution in [2.75, 3.05) is 12.4 Å². The van der Waals surface area contributed by atoms with Gasteiger partial charge in [-0.3, -0.25) is 4.79 Å². The minimum atomic E-state index is -0.577. The highest BCUT2D eigenvalue weighted by atomic mass is 35.5. The Bertz CT molecular complexity index is 1800. The van der Waals surface area contributed by atoms with Crippen LogP contribution in [0.3, 0.4) is 0 Å². The maximum absolute atomic E-state index is 14.0. The van der Waals surface area contributed by atoms with Crippen molar-refractivity contribution in [2.45, 2.75) is 84.3 Å². The lowest BCUT2D eigenvalue weighted by Gasteiger charge is -2.35. The van der Waals surface area contributed by atoms with E-state index in [1.165, 1.54) is 11.1 Å². The first-order valence-corrected chi connectivity index (χ1v) is 17.4. The zero-order chi connectivity index (χ0) is 35.3. The van der Waals surface area contributed by atoms with E-state index in [1.54, 1.807) is 19.2 Å². The Morgan fingerprint density at radius 3 is 2.10 bits per heavy atom. The van der Waals surface area contributed by atoms with Crippen LogP contribution in [0.1, 0.15) is 92.4 Å². The third kappa shape index (κ3) is 9.29. The Hall–Kier alpha value is -4.19. The van der Waals surface area contributed by atoms with Gasteiger partial charge < -0.3 is 14.8 Å². The molecule has 256 valence electrons. The summed E-state index contributed by atoms with van der Waals surface area (Å²) < 4.78 is 11.3. The molecule has 0 bridgehead atoms. The smallest absolute Gasteiger partial charge is 0.338 e. The van der Waals surface area contributed by atoms with Crippen LogP contribution in [0.25, 0.3) is 16.7 Å². The van der Waals surface area contributed by atoms with E-state index in [1.807, 2.05) is 82.3 Å². The van der Waals surface area contributed by atoms with Crippen molar-refractivity contribution in [2.24, 2.45) is 5.92 Å². The molecule has 0 heterocycles. The Balaban J connectivity index is 1.37. The number of allylic oxidation sites excluding steroid dienone is 2. The number of anilines is 1. The fourth-order valence-electron chi connectivity index (χ4n) is 6.45. The molecule has 6 heteroatoms. The van der Waals surface area contributed by atoms with Gasteiger partial charge in [0.05, 0.1) is 17.1 Å². The van der Waals surface area contributed by atoms with Gasteiger partial charge in [0.1, 0.15) is 5.60 Å². The molecule has 0 aromatic heterocycles. The average Bonchev–Trinajstić information content (AvgIpc) is 3.07. The Kier molecular flexibility index (Phi) is 11.2. The molecular weight excluding hydrogens is 630 g/mol. The van der Waals surface area contributed by atoms with E-state index in [-0.39, 0.29) is 17.5 Å². The molecule has 49 heavy (non-hydrogen) atoms. The van der Waals surface area contributed by atoms with Crippen LogP contribution in [0.4, 0.5) is 5.69 Å². The van der Waals surface area contributed by atoms with Crippen molar-refractivity contribution in [3.8, 4) is 11.1 Å². The first-order valence-electron chi connectivity index (χ1n) is 17.1. The van der Waals surface area contributed by atoms with Crippen LogP contribution < -0.4 is 5.32 Å². The highest BCUT2D eigenvalue weighted by molar-refractivity contribution is 6.30. The van der Waals surface area contributed by atoms with Gasteiger partial charge >= 0.3 is 5.97 Å². The Morgan fingerprint density at radius 2 is 1.53 bits per heavy atom. The van der Waals surface area contributed by atoms with Crippen LogP contribution in [-0.2, 0) is 20.7 Å². The van der Waals surface area contributed by atoms with Crippen molar-refractivity contribution >= 4 is 34.7 Å². The zero-order valence-electron chi connectivity index (χ0n) is 29.7. The van der Waals surface area contributed by atoms with Gasteiger partial charge in [0, 0.05) is 17.8 Å². The van der Waals surface area contributed by atoms with Gasteiger partial charge in [-0.25, -0.2) is 4.79 Å². The van der Waals surface area contributed by atoms with Crippen LogP contribution in [0.15, 0.2) is 97.1 Å². The second-order valence-corrected chi connectivity index (χ2v) is 15.0. The number of carbonyl (C=O) groups is 2. The van der Waals surface area contributed by atoms with E-state index in [4.69, 9.17) is 21.1 Å². The predicted octanol–water partition coefficient (Wildman–Crippen LogP) is 10.8. The van der Waals surface area contributed by atoms with Gasteiger partial charge in [-0.2, -0.15) is 0 Å². The number of rotatable bonds is 10. The maximum atomic E-state index is 14.0. The largest absolute Gasteiger partial charge is 0.456 e. The number of ether oxygens (including phenoxy) is 2. The van der Waals surface area contributed by atoms with Crippen molar-refractivity contribution in [1.82, 2.24) is 0 Å². The molecule has 1 unspecified atom stereocenters. The van der Waals surface area contributed by atoms with Crippen LogP contribution in [-0.4, -0.2) is 30.2 Å². The van der Waals surface area contributed by atoms with E-state index < -0.39 is 11.5 Å². The molecule has 4 aromatic rings. The van der Waals surface area contributed by atoms with Crippen molar-refractivity contribution in [3.05, 3.63) is 130 Å². The molecule has 2 atom stereocenters. The van der Waals surface area contributed by atoms with Gasteiger partial charge in [-0.15, -0.1) is 0 Å². The Morgan fingerprint density at radius 1 is 0.878 bits per heavy atom. The molecule has 0 aliphatic heterocycles. The van der Waals surface area contributed by atoms with Gasteiger partial charge in [0.15, 0.2) is 0 Å². The lowest BCUT2D eigenvalue weighted by molar-refractivity contribution is -0.117. The molecule has 1 amide bonds. The summed E-state index contributed by atoms with van der Waals surface area (Å²) >= 11 is 6.17. The van der Waals surface area contributed by atoms with Crippen molar-refractivity contribution < 1.29 is 19.1 Å². The highest BCUT2D eigenvalue weighted by Crippen LogP contribution is 2.37. The summed E-state index contributed by atoms with van der Waals surface area (Å²) in [7, 11) is 1.79. The summed E-state index contributed by atoms with van der Waals surface area (Å²) in [5, 5.41) is 3.87. The number of aryl methyl sites for hydroxylation is 1. The van der Waals surface area contributed by atoms with Crippen LogP contribution in [0.2, 0.25) is 5.02 Å². The first kappa shape index (κ1) is 36.1. The molecule has 0 radical (unpaired) electrons. The van der Waals surface area contributed by atoms with E-state index in [2.05, 4.69) is 49.5 Å². The Labute approximate surface area is 296 Å². The monoisotopic (exact) mass is 677 g/mol.